The van der Waals surface area contributed by atoms with E-state index in [9.17, 15) is 17.7 Å². The minimum Gasteiger partial charge on any atom is -0.612 e. The number of hydrogen-bond acceptors (Lipinski definition) is 5. The van der Waals surface area contributed by atoms with Gasteiger partial charge >= 0.3 is 5.51 Å². The summed E-state index contributed by atoms with van der Waals surface area (Å²) in [6.45, 7) is 1.92. The standard InChI is InChI=1S/C17H14F3NO2S3/c1-3-24-15-8-10(25-17(18,19)20)4-6-12(15)16-21-13-9-11(26(2)22)5-7-14(13)23-16/h4-9H,3H2,1-2H3. The second-order valence-electron chi connectivity index (χ2n) is 5.24. The average Bonchev–Trinajstić information content (AvgIpc) is 2.96. The molecular formula is C17H14F3NO2S3. The molecule has 0 amide bonds. The number of fused-ring (bicyclic) bond motifs is 1. The molecule has 1 aromatic heterocycles. The number of hydrogen-bond donors (Lipinski definition) is 0. The Balaban J connectivity index is 2.03. The fourth-order valence-electron chi connectivity index (χ4n) is 2.35. The topological polar surface area (TPSA) is 49.1 Å². The van der Waals surface area contributed by atoms with Gasteiger partial charge in [0, 0.05) is 15.9 Å². The van der Waals surface area contributed by atoms with Crippen molar-refractivity contribution >= 4 is 45.8 Å². The van der Waals surface area contributed by atoms with Gasteiger partial charge in [-0.05, 0) is 59.0 Å². The van der Waals surface area contributed by atoms with Crippen LogP contribution in [0.5, 0.6) is 0 Å². The molecule has 0 bridgehead atoms. The van der Waals surface area contributed by atoms with Crippen LogP contribution in [0.3, 0.4) is 0 Å². The molecule has 1 unspecified atom stereocenters. The molecule has 3 nitrogen and oxygen atoms in total. The van der Waals surface area contributed by atoms with Crippen LogP contribution >= 0.6 is 23.5 Å². The van der Waals surface area contributed by atoms with Crippen molar-refractivity contribution in [2.24, 2.45) is 0 Å². The van der Waals surface area contributed by atoms with Gasteiger partial charge in [-0.1, -0.05) is 6.92 Å². The van der Waals surface area contributed by atoms with Crippen molar-refractivity contribution in [1.82, 2.24) is 4.98 Å². The molecule has 0 aliphatic carbocycles. The normalized spacial score (nSPS) is 13.3. The third kappa shape index (κ3) is 4.51. The lowest BCUT2D eigenvalue weighted by Gasteiger charge is -2.10. The van der Waals surface area contributed by atoms with Crippen LogP contribution in [-0.4, -0.2) is 27.1 Å². The van der Waals surface area contributed by atoms with Gasteiger partial charge in [0.05, 0.1) is 5.56 Å². The van der Waals surface area contributed by atoms with E-state index < -0.39 is 16.7 Å². The van der Waals surface area contributed by atoms with Crippen LogP contribution in [-0.2, 0) is 11.2 Å². The first-order chi connectivity index (χ1) is 12.3. The van der Waals surface area contributed by atoms with Gasteiger partial charge in [0.1, 0.15) is 11.8 Å². The Morgan fingerprint density at radius 1 is 1.19 bits per heavy atom. The van der Waals surface area contributed by atoms with Gasteiger partial charge in [-0.2, -0.15) is 13.2 Å². The van der Waals surface area contributed by atoms with Crippen LogP contribution in [0.15, 0.2) is 55.5 Å². The minimum atomic E-state index is -4.33. The molecule has 0 N–H and O–H groups in total. The lowest BCUT2D eigenvalue weighted by Crippen LogP contribution is -1.99. The number of benzene rings is 2. The number of thioether (sulfide) groups is 2. The zero-order valence-electron chi connectivity index (χ0n) is 13.8. The fourth-order valence-corrected chi connectivity index (χ4v) is 4.38. The highest BCUT2D eigenvalue weighted by molar-refractivity contribution is 8.00. The monoisotopic (exact) mass is 417 g/mol. The Hall–Kier alpha value is -1.29. The SMILES string of the molecule is CCSc1cc(SC(F)(F)F)ccc1-c1nc2cc([S+](C)[O-])ccc2o1. The Bertz CT molecular complexity index is 925. The van der Waals surface area contributed by atoms with Crippen molar-refractivity contribution < 1.29 is 22.1 Å². The van der Waals surface area contributed by atoms with Crippen molar-refractivity contribution in [3.8, 4) is 11.5 Å². The predicted octanol–water partition coefficient (Wildman–Crippen LogP) is 5.96. The lowest BCUT2D eigenvalue weighted by atomic mass is 10.2. The van der Waals surface area contributed by atoms with E-state index in [0.29, 0.717) is 38.1 Å². The van der Waals surface area contributed by atoms with E-state index in [0.717, 1.165) is 0 Å². The highest BCUT2D eigenvalue weighted by Gasteiger charge is 2.29. The molecule has 9 heteroatoms. The molecular weight excluding hydrogens is 403 g/mol. The van der Waals surface area contributed by atoms with Gasteiger partial charge in [0.15, 0.2) is 10.5 Å². The van der Waals surface area contributed by atoms with E-state index in [2.05, 4.69) is 4.98 Å². The van der Waals surface area contributed by atoms with Crippen LogP contribution in [0.2, 0.25) is 0 Å². The van der Waals surface area contributed by atoms with Gasteiger partial charge in [-0.15, -0.1) is 11.8 Å². The summed E-state index contributed by atoms with van der Waals surface area (Å²) in [7, 11) is 0. The second kappa shape index (κ2) is 7.75. The van der Waals surface area contributed by atoms with E-state index in [1.54, 1.807) is 30.5 Å². The summed E-state index contributed by atoms with van der Waals surface area (Å²) in [5.74, 6) is 1.03. The highest BCUT2D eigenvalue weighted by atomic mass is 32.2. The molecule has 3 aromatic rings. The van der Waals surface area contributed by atoms with E-state index in [-0.39, 0.29) is 16.7 Å². The van der Waals surface area contributed by atoms with Gasteiger partial charge in [-0.25, -0.2) is 4.98 Å². The van der Waals surface area contributed by atoms with Crippen LogP contribution in [0.25, 0.3) is 22.6 Å². The molecule has 0 saturated carbocycles. The van der Waals surface area contributed by atoms with Gasteiger partial charge < -0.3 is 8.97 Å². The van der Waals surface area contributed by atoms with Crippen LogP contribution in [0.4, 0.5) is 13.2 Å². The zero-order valence-corrected chi connectivity index (χ0v) is 16.2. The first-order valence-corrected chi connectivity index (χ1v) is 10.9. The van der Waals surface area contributed by atoms with Gasteiger partial charge in [0.25, 0.3) is 0 Å². The minimum absolute atomic E-state index is 0.122. The smallest absolute Gasteiger partial charge is 0.446 e. The molecule has 0 aliphatic heterocycles. The molecule has 0 spiro atoms. The van der Waals surface area contributed by atoms with Crippen LogP contribution in [0.1, 0.15) is 6.92 Å². The molecule has 138 valence electrons. The molecule has 3 rings (SSSR count). The largest absolute Gasteiger partial charge is 0.612 e. The maximum atomic E-state index is 12.6. The summed E-state index contributed by atoms with van der Waals surface area (Å²) in [6.07, 6.45) is 1.58. The maximum Gasteiger partial charge on any atom is 0.446 e. The van der Waals surface area contributed by atoms with Crippen molar-refractivity contribution in [2.75, 3.05) is 12.0 Å². The van der Waals surface area contributed by atoms with Crippen molar-refractivity contribution in [1.29, 1.82) is 0 Å². The third-order valence-corrected chi connectivity index (χ3v) is 5.98. The first-order valence-electron chi connectivity index (χ1n) is 7.54. The Labute approximate surface area is 159 Å². The molecule has 1 atom stereocenters. The summed E-state index contributed by atoms with van der Waals surface area (Å²) in [5, 5.41) is 0. The summed E-state index contributed by atoms with van der Waals surface area (Å²) in [4.78, 5) is 5.86. The first kappa shape index (κ1) is 19.5. The summed E-state index contributed by atoms with van der Waals surface area (Å²) in [5.41, 5.74) is -2.59. The number of alkyl halides is 3. The molecule has 0 aliphatic rings. The Morgan fingerprint density at radius 3 is 2.62 bits per heavy atom. The lowest BCUT2D eigenvalue weighted by molar-refractivity contribution is -0.0328. The maximum absolute atomic E-state index is 12.6. The summed E-state index contributed by atoms with van der Waals surface area (Å²) < 4.78 is 55.3. The molecule has 0 fully saturated rings. The average molecular weight is 417 g/mol. The molecule has 0 saturated heterocycles. The van der Waals surface area contributed by atoms with E-state index in [4.69, 9.17) is 4.42 Å². The van der Waals surface area contributed by atoms with Crippen molar-refractivity contribution in [3.05, 3.63) is 36.4 Å². The van der Waals surface area contributed by atoms with Gasteiger partial charge in [-0.3, -0.25) is 0 Å². The Kier molecular flexibility index (Phi) is 5.81. The number of nitrogens with zero attached hydrogens (tertiary/aromatic N) is 1. The second-order valence-corrected chi connectivity index (χ2v) is 9.07. The number of oxazole rings is 1. The molecule has 2 aromatic carbocycles. The van der Waals surface area contributed by atoms with Gasteiger partial charge in [0.2, 0.25) is 5.89 Å². The summed E-state index contributed by atoms with van der Waals surface area (Å²) >= 11 is 0.147. The number of halogens is 3. The number of rotatable bonds is 5. The van der Waals surface area contributed by atoms with Crippen LogP contribution < -0.4 is 0 Å². The fraction of sp³-hybridized carbons (Fsp3) is 0.235. The quantitative estimate of drug-likeness (QED) is 0.379. The van der Waals surface area contributed by atoms with Crippen molar-refractivity contribution in [3.63, 3.8) is 0 Å². The predicted molar refractivity (Wildman–Crippen MR) is 100 cm³/mol. The van der Waals surface area contributed by atoms with Crippen molar-refractivity contribution in [2.45, 2.75) is 27.1 Å². The van der Waals surface area contributed by atoms with Crippen LogP contribution in [0, 0.1) is 0 Å². The zero-order chi connectivity index (χ0) is 18.9. The summed E-state index contributed by atoms with van der Waals surface area (Å²) in [6, 6.07) is 9.60. The highest BCUT2D eigenvalue weighted by Crippen LogP contribution is 2.41. The number of aromatic nitrogens is 1. The molecule has 0 radical (unpaired) electrons. The molecule has 1 heterocycles. The third-order valence-electron chi connectivity index (χ3n) is 3.41. The van der Waals surface area contributed by atoms with E-state index >= 15 is 0 Å². The van der Waals surface area contributed by atoms with E-state index in [1.165, 1.54) is 23.9 Å². The molecule has 26 heavy (non-hydrogen) atoms. The van der Waals surface area contributed by atoms with E-state index in [1.807, 2.05) is 6.92 Å². The Morgan fingerprint density at radius 2 is 1.96 bits per heavy atom.